The van der Waals surface area contributed by atoms with E-state index in [0.717, 1.165) is 9.80 Å². The highest BCUT2D eigenvalue weighted by molar-refractivity contribution is 7.89. The quantitative estimate of drug-likeness (QED) is 0.712. The number of carbonyl (C=O) groups excluding carboxylic acids is 2. The van der Waals surface area contributed by atoms with Crippen LogP contribution >= 0.6 is 0 Å². The van der Waals surface area contributed by atoms with Crippen LogP contribution < -0.4 is 9.80 Å². The van der Waals surface area contributed by atoms with E-state index >= 15 is 0 Å². The first-order chi connectivity index (χ1) is 13.9. The van der Waals surface area contributed by atoms with Gasteiger partial charge in [0.15, 0.2) is 6.04 Å². The van der Waals surface area contributed by atoms with Gasteiger partial charge in [-0.25, -0.2) is 17.7 Å². The zero-order valence-corrected chi connectivity index (χ0v) is 16.4. The summed E-state index contributed by atoms with van der Waals surface area (Å²) >= 11 is 0. The summed E-state index contributed by atoms with van der Waals surface area (Å²) in [5.41, 5.74) is 0.355. The fourth-order valence-corrected chi connectivity index (χ4v) is 5.38. The second kappa shape index (κ2) is 7.66. The molecule has 0 unspecified atom stereocenters. The lowest BCUT2D eigenvalue weighted by atomic mass is 10.2. The van der Waals surface area contributed by atoms with E-state index in [-0.39, 0.29) is 36.2 Å². The molecule has 1 atom stereocenters. The molecule has 0 saturated carbocycles. The van der Waals surface area contributed by atoms with Crippen molar-refractivity contribution in [2.24, 2.45) is 0 Å². The Morgan fingerprint density at radius 2 is 1.55 bits per heavy atom. The highest BCUT2D eigenvalue weighted by atomic mass is 32.2. The number of hydrogen-bond donors (Lipinski definition) is 1. The van der Waals surface area contributed by atoms with Crippen LogP contribution in [0.2, 0.25) is 0 Å². The Hall–Kier alpha value is -2.62. The molecule has 0 aromatic heterocycles. The molecule has 0 bridgehead atoms. The molecule has 2 aromatic carbocycles. The molecule has 1 N–H and O–H groups in total. The van der Waals surface area contributed by atoms with Gasteiger partial charge in [-0.2, -0.15) is 4.31 Å². The van der Waals surface area contributed by atoms with E-state index in [9.17, 15) is 22.4 Å². The summed E-state index contributed by atoms with van der Waals surface area (Å²) in [7, 11) is -3.57. The van der Waals surface area contributed by atoms with Crippen molar-refractivity contribution in [1.82, 2.24) is 4.31 Å². The Balaban J connectivity index is 1.44. The summed E-state index contributed by atoms with van der Waals surface area (Å²) in [6, 6.07) is 12.9. The molecular formula is C20H21FN3O4S+. The molecule has 2 heterocycles. The van der Waals surface area contributed by atoms with E-state index in [1.165, 1.54) is 28.6 Å². The standard InChI is InChI=1S/C20H20FN3O4S/c21-15-6-8-16(9-7-15)24-19(25)14-18(20(24)26)22-10-12-23(13-11-22)29(27,28)17-4-2-1-3-5-17/h1-9,18H,10-14H2/p+1/t18-/m1/s1. The van der Waals surface area contributed by atoms with Crippen molar-refractivity contribution in [3.8, 4) is 0 Å². The van der Waals surface area contributed by atoms with Crippen molar-refractivity contribution in [2.45, 2.75) is 17.4 Å². The number of anilines is 1. The Labute approximate surface area is 168 Å². The predicted octanol–water partition coefficient (Wildman–Crippen LogP) is 0.0470. The summed E-state index contributed by atoms with van der Waals surface area (Å²) in [6.45, 7) is 1.43. The molecule has 152 valence electrons. The van der Waals surface area contributed by atoms with Gasteiger partial charge in [-0.3, -0.25) is 9.59 Å². The molecule has 2 aliphatic rings. The number of piperazine rings is 1. The number of halogens is 1. The van der Waals surface area contributed by atoms with Crippen LogP contribution in [0.15, 0.2) is 59.5 Å². The maximum atomic E-state index is 13.1. The van der Waals surface area contributed by atoms with Crippen molar-refractivity contribution in [3.63, 3.8) is 0 Å². The van der Waals surface area contributed by atoms with Crippen molar-refractivity contribution in [2.75, 3.05) is 31.1 Å². The minimum absolute atomic E-state index is 0.0664. The largest absolute Gasteiger partial charge is 0.322 e. The third-order valence-electron chi connectivity index (χ3n) is 5.47. The molecule has 29 heavy (non-hydrogen) atoms. The molecule has 0 aliphatic carbocycles. The van der Waals surface area contributed by atoms with Crippen molar-refractivity contribution < 1.29 is 27.3 Å². The van der Waals surface area contributed by atoms with Crippen LogP contribution in [-0.4, -0.2) is 56.8 Å². The maximum absolute atomic E-state index is 13.1. The van der Waals surface area contributed by atoms with Gasteiger partial charge in [0.05, 0.1) is 43.2 Å². The molecule has 2 saturated heterocycles. The van der Waals surface area contributed by atoms with Crippen LogP contribution in [-0.2, 0) is 19.6 Å². The first kappa shape index (κ1) is 19.7. The summed E-state index contributed by atoms with van der Waals surface area (Å²) in [5.74, 6) is -1.08. The first-order valence-corrected chi connectivity index (χ1v) is 10.8. The maximum Gasteiger partial charge on any atom is 0.292 e. The van der Waals surface area contributed by atoms with E-state index in [2.05, 4.69) is 0 Å². The smallest absolute Gasteiger partial charge is 0.292 e. The minimum atomic E-state index is -3.57. The van der Waals surface area contributed by atoms with Crippen LogP contribution in [0.3, 0.4) is 0 Å². The van der Waals surface area contributed by atoms with Crippen LogP contribution in [0.4, 0.5) is 10.1 Å². The Morgan fingerprint density at radius 3 is 2.17 bits per heavy atom. The molecule has 2 fully saturated rings. The van der Waals surface area contributed by atoms with Crippen LogP contribution in [0.25, 0.3) is 0 Å². The molecule has 2 amide bonds. The lowest BCUT2D eigenvalue weighted by Gasteiger charge is -2.33. The molecular weight excluding hydrogens is 397 g/mol. The number of hydrogen-bond acceptors (Lipinski definition) is 4. The highest BCUT2D eigenvalue weighted by Crippen LogP contribution is 2.22. The lowest BCUT2D eigenvalue weighted by molar-refractivity contribution is -0.918. The number of imide groups is 1. The van der Waals surface area contributed by atoms with Crippen LogP contribution in [0.5, 0.6) is 0 Å². The fraction of sp³-hybridized carbons (Fsp3) is 0.300. The summed E-state index contributed by atoms with van der Waals surface area (Å²) < 4.78 is 40.1. The Kier molecular flexibility index (Phi) is 5.20. The zero-order valence-electron chi connectivity index (χ0n) is 15.6. The Morgan fingerprint density at radius 1 is 0.931 bits per heavy atom. The SMILES string of the molecule is O=C1C[C@@H]([NH+]2CCN(S(=O)(=O)c3ccccc3)CC2)C(=O)N1c1ccc(F)cc1. The highest BCUT2D eigenvalue weighted by Gasteiger charge is 2.47. The van der Waals surface area contributed by atoms with Gasteiger partial charge in [-0.15, -0.1) is 0 Å². The minimum Gasteiger partial charge on any atom is -0.322 e. The number of nitrogens with zero attached hydrogens (tertiary/aromatic N) is 2. The van der Waals surface area contributed by atoms with Crippen LogP contribution in [0, 0.1) is 5.82 Å². The molecule has 7 nitrogen and oxygen atoms in total. The molecule has 2 aliphatic heterocycles. The van der Waals surface area contributed by atoms with Gasteiger partial charge in [0.25, 0.3) is 5.91 Å². The summed E-state index contributed by atoms with van der Waals surface area (Å²) in [6.07, 6.45) is 0.0664. The zero-order chi connectivity index (χ0) is 20.6. The number of nitrogens with one attached hydrogen (secondary N) is 1. The molecule has 0 radical (unpaired) electrons. The third-order valence-corrected chi connectivity index (χ3v) is 7.38. The van der Waals surface area contributed by atoms with Crippen LogP contribution in [0.1, 0.15) is 6.42 Å². The number of quaternary nitrogens is 1. The van der Waals surface area contributed by atoms with E-state index < -0.39 is 21.9 Å². The number of rotatable bonds is 4. The van der Waals surface area contributed by atoms with Gasteiger partial charge in [-0.1, -0.05) is 18.2 Å². The van der Waals surface area contributed by atoms with Gasteiger partial charge in [0.1, 0.15) is 5.82 Å². The number of benzene rings is 2. The van der Waals surface area contributed by atoms with Gasteiger partial charge in [-0.05, 0) is 36.4 Å². The normalized spacial score (nSPS) is 21.7. The van der Waals surface area contributed by atoms with Crippen molar-refractivity contribution >= 4 is 27.5 Å². The van der Waals surface area contributed by atoms with Gasteiger partial charge >= 0.3 is 0 Å². The van der Waals surface area contributed by atoms with E-state index in [4.69, 9.17) is 0 Å². The van der Waals surface area contributed by atoms with Crippen molar-refractivity contribution in [1.29, 1.82) is 0 Å². The fourth-order valence-electron chi connectivity index (χ4n) is 3.92. The number of sulfonamides is 1. The number of amides is 2. The average Bonchev–Trinajstić information content (AvgIpc) is 3.03. The lowest BCUT2D eigenvalue weighted by Crippen LogP contribution is -3.19. The average molecular weight is 418 g/mol. The van der Waals surface area contributed by atoms with E-state index in [1.54, 1.807) is 30.3 Å². The predicted molar refractivity (Wildman–Crippen MR) is 103 cm³/mol. The Bertz CT molecular complexity index is 1020. The van der Waals surface area contributed by atoms with E-state index in [0.29, 0.717) is 18.8 Å². The monoisotopic (exact) mass is 418 g/mol. The molecule has 2 aromatic rings. The molecule has 4 rings (SSSR count). The van der Waals surface area contributed by atoms with Crippen molar-refractivity contribution in [3.05, 3.63) is 60.4 Å². The van der Waals surface area contributed by atoms with Gasteiger partial charge < -0.3 is 4.90 Å². The second-order valence-electron chi connectivity index (χ2n) is 7.18. The molecule has 9 heteroatoms. The first-order valence-electron chi connectivity index (χ1n) is 9.40. The number of carbonyl (C=O) groups is 2. The summed E-state index contributed by atoms with van der Waals surface area (Å²) in [5, 5.41) is 0. The second-order valence-corrected chi connectivity index (χ2v) is 9.11. The third kappa shape index (κ3) is 3.68. The van der Waals surface area contributed by atoms with E-state index in [1.807, 2.05) is 0 Å². The van der Waals surface area contributed by atoms with Gasteiger partial charge in [0.2, 0.25) is 15.9 Å². The molecule has 0 spiro atoms. The summed E-state index contributed by atoms with van der Waals surface area (Å²) in [4.78, 5) is 27.5. The van der Waals surface area contributed by atoms with Gasteiger partial charge in [0, 0.05) is 0 Å². The topological polar surface area (TPSA) is 79.2 Å².